The van der Waals surface area contributed by atoms with Crippen molar-refractivity contribution >= 4 is 39.2 Å². The molecule has 1 amide bonds. The van der Waals surface area contributed by atoms with E-state index in [-0.39, 0.29) is 11.9 Å². The number of nitrogens with zero attached hydrogens (tertiary/aromatic N) is 6. The van der Waals surface area contributed by atoms with Crippen LogP contribution in [0.1, 0.15) is 42.8 Å². The summed E-state index contributed by atoms with van der Waals surface area (Å²) in [6, 6.07) is 8.67. The Hall–Kier alpha value is -2.00. The second kappa shape index (κ2) is 6.62. The predicted octanol–water partition coefficient (Wildman–Crippen LogP) is 3.07. The number of para-hydroxylation sites is 1. The lowest BCUT2D eigenvalue weighted by Crippen LogP contribution is -2.32. The highest BCUT2D eigenvalue weighted by molar-refractivity contribution is 7.99. The molecule has 1 saturated heterocycles. The molecule has 0 N–H and O–H groups in total. The van der Waals surface area contributed by atoms with Gasteiger partial charge in [0.1, 0.15) is 5.01 Å². The van der Waals surface area contributed by atoms with Gasteiger partial charge >= 0.3 is 0 Å². The van der Waals surface area contributed by atoms with E-state index in [0.717, 1.165) is 47.9 Å². The minimum Gasteiger partial charge on any atom is -0.332 e. The summed E-state index contributed by atoms with van der Waals surface area (Å²) in [5.41, 5.74) is 1.02. The van der Waals surface area contributed by atoms with Crippen molar-refractivity contribution in [2.75, 3.05) is 12.3 Å². The molecule has 0 radical (unpaired) electrons. The maximum atomic E-state index is 12.8. The molecule has 5 rings (SSSR count). The van der Waals surface area contributed by atoms with Crippen LogP contribution in [0.5, 0.6) is 0 Å². The highest BCUT2D eigenvalue weighted by Crippen LogP contribution is 2.38. The first-order valence-corrected chi connectivity index (χ1v) is 10.7. The van der Waals surface area contributed by atoms with E-state index in [0.29, 0.717) is 11.8 Å². The van der Waals surface area contributed by atoms with Crippen molar-refractivity contribution in [3.63, 3.8) is 0 Å². The average Bonchev–Trinajstić information content (AvgIpc) is 3.09. The Bertz CT molecular complexity index is 917. The first-order valence-electron chi connectivity index (χ1n) is 8.85. The van der Waals surface area contributed by atoms with Gasteiger partial charge in [0.05, 0.1) is 28.1 Å². The molecule has 0 spiro atoms. The van der Waals surface area contributed by atoms with Crippen LogP contribution >= 0.6 is 23.1 Å². The maximum absolute atomic E-state index is 12.8. The van der Waals surface area contributed by atoms with Crippen molar-refractivity contribution in [3.05, 3.63) is 29.3 Å². The van der Waals surface area contributed by atoms with E-state index in [4.69, 9.17) is 4.98 Å². The molecular weight excluding hydrogens is 368 g/mol. The molecule has 2 aromatic heterocycles. The molecule has 1 aliphatic heterocycles. The van der Waals surface area contributed by atoms with Gasteiger partial charge in [-0.15, -0.1) is 16.4 Å². The van der Waals surface area contributed by atoms with Crippen molar-refractivity contribution in [1.82, 2.24) is 30.1 Å². The minimum absolute atomic E-state index is 0.0972. The normalized spacial score (nSPS) is 20.2. The number of likely N-dealkylation sites (tertiary alicyclic amines) is 1. The third-order valence-electron chi connectivity index (χ3n) is 4.85. The van der Waals surface area contributed by atoms with Crippen LogP contribution in [-0.2, 0) is 4.79 Å². The van der Waals surface area contributed by atoms with Crippen LogP contribution in [0.25, 0.3) is 10.2 Å². The van der Waals surface area contributed by atoms with Crippen LogP contribution in [0.4, 0.5) is 0 Å². The Morgan fingerprint density at radius 2 is 2.15 bits per heavy atom. The van der Waals surface area contributed by atoms with E-state index >= 15 is 0 Å². The molecule has 26 heavy (non-hydrogen) atoms. The van der Waals surface area contributed by atoms with Crippen molar-refractivity contribution in [3.8, 4) is 0 Å². The number of fused-ring (bicyclic) bond motifs is 1. The lowest BCUT2D eigenvalue weighted by molar-refractivity contribution is -0.129. The third kappa shape index (κ3) is 2.99. The highest BCUT2D eigenvalue weighted by atomic mass is 32.2. The smallest absolute Gasteiger partial charge is 0.233 e. The van der Waals surface area contributed by atoms with Crippen molar-refractivity contribution in [2.24, 2.45) is 0 Å². The molecule has 1 unspecified atom stereocenters. The fourth-order valence-corrected chi connectivity index (χ4v) is 5.34. The Morgan fingerprint density at radius 3 is 3.00 bits per heavy atom. The second-order valence-electron chi connectivity index (χ2n) is 6.69. The molecule has 0 bridgehead atoms. The number of thiazole rings is 1. The maximum Gasteiger partial charge on any atom is 0.233 e. The lowest BCUT2D eigenvalue weighted by atomic mass is 10.2. The number of tetrazole rings is 1. The van der Waals surface area contributed by atoms with E-state index in [2.05, 4.69) is 21.6 Å². The molecular formula is C17H18N6OS2. The standard InChI is InChI=1S/C17H18N6OS2/c24-15(10-25-17-19-20-21-23(17)11-7-8-11)22-9-3-5-13(22)16-18-12-4-1-2-6-14(12)26-16/h1-2,4,6,11,13H,3,5,7-10H2. The van der Waals surface area contributed by atoms with E-state index in [1.165, 1.54) is 16.5 Å². The molecule has 134 valence electrons. The third-order valence-corrected chi connectivity index (χ3v) is 6.90. The summed E-state index contributed by atoms with van der Waals surface area (Å²) in [5.74, 6) is 0.510. The number of hydrogen-bond acceptors (Lipinski definition) is 7. The summed E-state index contributed by atoms with van der Waals surface area (Å²) < 4.78 is 3.03. The van der Waals surface area contributed by atoms with E-state index in [1.807, 2.05) is 27.8 Å². The van der Waals surface area contributed by atoms with Gasteiger partial charge in [-0.05, 0) is 48.2 Å². The highest BCUT2D eigenvalue weighted by Gasteiger charge is 2.33. The number of carbonyl (C=O) groups excluding carboxylic acids is 1. The summed E-state index contributed by atoms with van der Waals surface area (Å²) in [6.45, 7) is 0.799. The molecule has 3 aromatic rings. The van der Waals surface area contributed by atoms with Crippen LogP contribution in [0.2, 0.25) is 0 Å². The first-order chi connectivity index (χ1) is 12.8. The number of aromatic nitrogens is 5. The van der Waals surface area contributed by atoms with Gasteiger partial charge in [0.2, 0.25) is 11.1 Å². The Balaban J connectivity index is 1.30. The molecule has 1 saturated carbocycles. The topological polar surface area (TPSA) is 76.8 Å². The summed E-state index contributed by atoms with van der Waals surface area (Å²) >= 11 is 3.14. The van der Waals surface area contributed by atoms with Gasteiger partial charge in [-0.2, -0.15) is 0 Å². The fraction of sp³-hybridized carbons (Fsp3) is 0.471. The van der Waals surface area contributed by atoms with Gasteiger partial charge in [-0.25, -0.2) is 9.67 Å². The van der Waals surface area contributed by atoms with Crippen LogP contribution in [-0.4, -0.2) is 48.3 Å². The van der Waals surface area contributed by atoms with Gasteiger partial charge in [0.25, 0.3) is 0 Å². The molecule has 1 aromatic carbocycles. The number of hydrogen-bond donors (Lipinski definition) is 0. The van der Waals surface area contributed by atoms with Crippen LogP contribution in [0.15, 0.2) is 29.4 Å². The van der Waals surface area contributed by atoms with Gasteiger partial charge in [-0.1, -0.05) is 23.9 Å². The van der Waals surface area contributed by atoms with E-state index in [1.54, 1.807) is 11.3 Å². The van der Waals surface area contributed by atoms with Gasteiger partial charge in [0.15, 0.2) is 0 Å². The van der Waals surface area contributed by atoms with Gasteiger partial charge in [-0.3, -0.25) is 4.79 Å². The average molecular weight is 387 g/mol. The Morgan fingerprint density at radius 1 is 1.27 bits per heavy atom. The molecule has 2 fully saturated rings. The zero-order chi connectivity index (χ0) is 17.5. The molecule has 2 aliphatic rings. The van der Waals surface area contributed by atoms with Crippen LogP contribution in [0.3, 0.4) is 0 Å². The second-order valence-corrected chi connectivity index (χ2v) is 8.70. The minimum atomic E-state index is 0.0972. The van der Waals surface area contributed by atoms with Crippen molar-refractivity contribution in [2.45, 2.75) is 42.9 Å². The van der Waals surface area contributed by atoms with Gasteiger partial charge in [0, 0.05) is 6.54 Å². The molecule has 7 nitrogen and oxygen atoms in total. The van der Waals surface area contributed by atoms with Gasteiger partial charge < -0.3 is 4.90 Å². The molecule has 9 heteroatoms. The molecule has 1 atom stereocenters. The number of thioether (sulfide) groups is 1. The number of benzene rings is 1. The van der Waals surface area contributed by atoms with Crippen LogP contribution < -0.4 is 0 Å². The Labute approximate surface area is 158 Å². The summed E-state index contributed by atoms with van der Waals surface area (Å²) in [5, 5.41) is 13.7. The predicted molar refractivity (Wildman–Crippen MR) is 100 cm³/mol. The molecule has 3 heterocycles. The summed E-state index contributed by atoms with van der Waals surface area (Å²) in [6.07, 6.45) is 4.25. The van der Waals surface area contributed by atoms with Crippen molar-refractivity contribution in [1.29, 1.82) is 0 Å². The number of amides is 1. The van der Waals surface area contributed by atoms with Crippen molar-refractivity contribution < 1.29 is 4.79 Å². The Kier molecular flexibility index (Phi) is 4.12. The zero-order valence-electron chi connectivity index (χ0n) is 14.1. The molecule has 1 aliphatic carbocycles. The first kappa shape index (κ1) is 16.2. The number of rotatable bonds is 5. The van der Waals surface area contributed by atoms with E-state index < -0.39 is 0 Å². The SMILES string of the molecule is O=C(CSc1nnnn1C1CC1)N1CCCC1c1nc2ccccc2s1. The summed E-state index contributed by atoms with van der Waals surface area (Å²) in [4.78, 5) is 19.6. The number of carbonyl (C=O) groups is 1. The fourth-order valence-electron chi connectivity index (χ4n) is 3.39. The largest absolute Gasteiger partial charge is 0.332 e. The van der Waals surface area contributed by atoms with Crippen LogP contribution in [0, 0.1) is 0 Å². The zero-order valence-corrected chi connectivity index (χ0v) is 15.7. The lowest BCUT2D eigenvalue weighted by Gasteiger charge is -2.22. The summed E-state index contributed by atoms with van der Waals surface area (Å²) in [7, 11) is 0. The monoisotopic (exact) mass is 386 g/mol. The quantitative estimate of drug-likeness (QED) is 0.627. The van der Waals surface area contributed by atoms with E-state index in [9.17, 15) is 4.79 Å².